The van der Waals surface area contributed by atoms with Gasteiger partial charge in [-0.3, -0.25) is 0 Å². The van der Waals surface area contributed by atoms with E-state index in [2.05, 4.69) is 20.8 Å². The van der Waals surface area contributed by atoms with Crippen molar-refractivity contribution in [2.24, 2.45) is 5.41 Å². The fraction of sp³-hybridized carbons (Fsp3) is 0.889. The molecule has 0 fully saturated rings. The summed E-state index contributed by atoms with van der Waals surface area (Å²) in [5, 5.41) is 0. The first-order valence-corrected chi connectivity index (χ1v) is 4.56. The van der Waals surface area contributed by atoms with Gasteiger partial charge in [-0.2, -0.15) is 0 Å². The van der Waals surface area contributed by atoms with Gasteiger partial charge in [-0.15, -0.1) is 0 Å². The van der Waals surface area contributed by atoms with Crippen LogP contribution in [0.3, 0.4) is 0 Å². The van der Waals surface area contributed by atoms with E-state index in [1.165, 1.54) is 0 Å². The number of hydrogen-bond acceptors (Lipinski definition) is 2. The van der Waals surface area contributed by atoms with Crippen molar-refractivity contribution in [3.8, 4) is 0 Å². The number of rotatable bonds is 4. The lowest BCUT2D eigenvalue weighted by molar-refractivity contribution is 0.0790. The largest absolute Gasteiger partial charge is 0.383 e. The second-order valence-electron chi connectivity index (χ2n) is 4.11. The third-order valence-corrected chi connectivity index (χ3v) is 2.31. The zero-order valence-corrected chi connectivity index (χ0v) is 9.44. The number of nitrogens with zero attached hydrogens (tertiary/aromatic N) is 1. The zero-order valence-electron chi connectivity index (χ0n) is 8.63. The van der Waals surface area contributed by atoms with Crippen LogP contribution in [0.5, 0.6) is 0 Å². The molecule has 0 aromatic heterocycles. The zero-order chi connectivity index (χ0) is 9.78. The molecule has 1 atom stereocenters. The van der Waals surface area contributed by atoms with E-state index in [-0.39, 0.29) is 5.41 Å². The van der Waals surface area contributed by atoms with Crippen molar-refractivity contribution in [1.29, 1.82) is 0 Å². The molecule has 0 amide bonds. The first kappa shape index (κ1) is 11.8. The molecule has 0 spiro atoms. The summed E-state index contributed by atoms with van der Waals surface area (Å²) in [6.45, 7) is 7.28. The van der Waals surface area contributed by atoms with Crippen molar-refractivity contribution in [2.75, 3.05) is 20.8 Å². The Bertz CT molecular complexity index is 142. The second-order valence-corrected chi connectivity index (χ2v) is 4.32. The van der Waals surface area contributed by atoms with Crippen molar-refractivity contribution >= 4 is 17.7 Å². The van der Waals surface area contributed by atoms with E-state index in [1.807, 2.05) is 11.9 Å². The number of likely N-dealkylation sites (N-methyl/N-ethyl adjacent to an activating group) is 1. The fourth-order valence-corrected chi connectivity index (χ4v) is 1.36. The summed E-state index contributed by atoms with van der Waals surface area (Å²) in [7, 11) is 3.71. The highest BCUT2D eigenvalue weighted by molar-refractivity contribution is 7.78. The third-order valence-electron chi connectivity index (χ3n) is 1.98. The predicted molar refractivity (Wildman–Crippen MR) is 56.5 cm³/mol. The summed E-state index contributed by atoms with van der Waals surface area (Å²) in [6, 6.07) is 0.347. The van der Waals surface area contributed by atoms with Gasteiger partial charge in [0, 0.05) is 14.2 Å². The quantitative estimate of drug-likeness (QED) is 0.627. The van der Waals surface area contributed by atoms with E-state index in [9.17, 15) is 0 Å². The molecule has 0 saturated heterocycles. The van der Waals surface area contributed by atoms with Crippen LogP contribution in [-0.2, 0) is 4.74 Å². The molecule has 72 valence electrons. The van der Waals surface area contributed by atoms with Crippen LogP contribution in [0.25, 0.3) is 0 Å². The molecule has 0 heterocycles. The third kappa shape index (κ3) is 3.50. The van der Waals surface area contributed by atoms with Crippen LogP contribution in [0.2, 0.25) is 0 Å². The van der Waals surface area contributed by atoms with E-state index < -0.39 is 0 Å². The Morgan fingerprint density at radius 2 is 2.00 bits per heavy atom. The van der Waals surface area contributed by atoms with Crippen molar-refractivity contribution in [2.45, 2.75) is 26.8 Å². The van der Waals surface area contributed by atoms with E-state index in [0.29, 0.717) is 12.6 Å². The summed E-state index contributed by atoms with van der Waals surface area (Å²) < 4.78 is 5.15. The van der Waals surface area contributed by atoms with Gasteiger partial charge in [0.25, 0.3) is 0 Å². The predicted octanol–water partition coefficient (Wildman–Crippen LogP) is 1.94. The summed E-state index contributed by atoms with van der Waals surface area (Å²) in [5.41, 5.74) is 1.87. The Morgan fingerprint density at radius 1 is 1.50 bits per heavy atom. The van der Waals surface area contributed by atoms with Crippen LogP contribution in [0.4, 0.5) is 0 Å². The Morgan fingerprint density at radius 3 is 2.25 bits per heavy atom. The van der Waals surface area contributed by atoms with Gasteiger partial charge in [-0.1, -0.05) is 33.0 Å². The Hall–Kier alpha value is -0.150. The lowest BCUT2D eigenvalue weighted by atomic mass is 9.86. The summed E-state index contributed by atoms with van der Waals surface area (Å²) in [6.07, 6.45) is 0. The smallest absolute Gasteiger partial charge is 0.0671 e. The minimum absolute atomic E-state index is 0.195. The van der Waals surface area contributed by atoms with Gasteiger partial charge in [0.2, 0.25) is 0 Å². The van der Waals surface area contributed by atoms with Gasteiger partial charge in [0.05, 0.1) is 18.1 Å². The monoisotopic (exact) mass is 189 g/mol. The molecule has 3 heteroatoms. The molecule has 2 nitrogen and oxygen atoms in total. The van der Waals surface area contributed by atoms with Gasteiger partial charge < -0.3 is 9.64 Å². The molecule has 12 heavy (non-hydrogen) atoms. The molecule has 0 radical (unpaired) electrons. The molecule has 1 unspecified atom stereocenters. The molecule has 0 rings (SSSR count). The number of ether oxygens (including phenoxy) is 1. The van der Waals surface area contributed by atoms with Crippen molar-refractivity contribution in [1.82, 2.24) is 4.90 Å². The van der Waals surface area contributed by atoms with Gasteiger partial charge in [-0.05, 0) is 5.41 Å². The van der Waals surface area contributed by atoms with Crippen LogP contribution < -0.4 is 0 Å². The highest BCUT2D eigenvalue weighted by atomic mass is 32.1. The van der Waals surface area contributed by atoms with Crippen LogP contribution in [0, 0.1) is 5.41 Å². The summed E-state index contributed by atoms with van der Waals surface area (Å²) in [5.74, 6) is 0. The molecular formula is C9H19NOS. The molecule has 0 aliphatic heterocycles. The molecule has 0 N–H and O–H groups in total. The second kappa shape index (κ2) is 4.77. The SMILES string of the molecule is COCC(N(C)C=S)C(C)(C)C. The first-order chi connectivity index (χ1) is 5.43. The van der Waals surface area contributed by atoms with E-state index in [4.69, 9.17) is 17.0 Å². The maximum absolute atomic E-state index is 5.15. The normalized spacial score (nSPS) is 14.1. The fourth-order valence-electron chi connectivity index (χ4n) is 1.21. The highest BCUT2D eigenvalue weighted by Crippen LogP contribution is 2.22. The lowest BCUT2D eigenvalue weighted by Gasteiger charge is -2.36. The van der Waals surface area contributed by atoms with Gasteiger partial charge in [-0.25, -0.2) is 0 Å². The van der Waals surface area contributed by atoms with Crippen LogP contribution in [0.1, 0.15) is 20.8 Å². The molecule has 0 aliphatic carbocycles. The maximum atomic E-state index is 5.15. The molecular weight excluding hydrogens is 170 g/mol. The van der Waals surface area contributed by atoms with Crippen molar-refractivity contribution in [3.05, 3.63) is 0 Å². The highest BCUT2D eigenvalue weighted by Gasteiger charge is 2.26. The number of hydrogen-bond donors (Lipinski definition) is 0. The van der Waals surface area contributed by atoms with E-state index >= 15 is 0 Å². The minimum Gasteiger partial charge on any atom is -0.383 e. The molecule has 0 aromatic rings. The number of thiocarbonyl (C=S) groups is 1. The van der Waals surface area contributed by atoms with Crippen molar-refractivity contribution in [3.63, 3.8) is 0 Å². The van der Waals surface area contributed by atoms with Crippen LogP contribution in [-0.4, -0.2) is 37.2 Å². The molecule has 0 aromatic carbocycles. The van der Waals surface area contributed by atoms with Crippen LogP contribution in [0.15, 0.2) is 0 Å². The molecule has 0 bridgehead atoms. The van der Waals surface area contributed by atoms with E-state index in [0.717, 1.165) is 0 Å². The summed E-state index contributed by atoms with van der Waals surface area (Å²) >= 11 is 4.88. The molecule has 0 aliphatic rings. The van der Waals surface area contributed by atoms with E-state index in [1.54, 1.807) is 12.6 Å². The Balaban J connectivity index is 4.32. The average molecular weight is 189 g/mol. The Labute approximate surface area is 80.9 Å². The van der Waals surface area contributed by atoms with Gasteiger partial charge in [0.15, 0.2) is 0 Å². The Kier molecular flexibility index (Phi) is 4.71. The summed E-state index contributed by atoms with van der Waals surface area (Å²) in [4.78, 5) is 2.03. The van der Waals surface area contributed by atoms with Crippen LogP contribution >= 0.6 is 12.2 Å². The molecule has 0 saturated carbocycles. The minimum atomic E-state index is 0.195. The lowest BCUT2D eigenvalue weighted by Crippen LogP contribution is -2.43. The maximum Gasteiger partial charge on any atom is 0.0671 e. The van der Waals surface area contributed by atoms with Gasteiger partial charge in [0.1, 0.15) is 0 Å². The topological polar surface area (TPSA) is 12.5 Å². The van der Waals surface area contributed by atoms with Gasteiger partial charge >= 0.3 is 0 Å². The first-order valence-electron chi connectivity index (χ1n) is 4.09. The standard InChI is InChI=1S/C9H19NOS/c1-9(2,3)8(6-11-5)10(4)7-12/h7-8H,6H2,1-5H3. The average Bonchev–Trinajstić information content (AvgIpc) is 1.96. The van der Waals surface area contributed by atoms with Crippen molar-refractivity contribution < 1.29 is 4.74 Å². The number of methoxy groups -OCH3 is 1.